The van der Waals surface area contributed by atoms with Gasteiger partial charge in [-0.25, -0.2) is 4.79 Å². The quantitative estimate of drug-likeness (QED) is 0.490. The maximum Gasteiger partial charge on any atom is 0.410 e. The monoisotopic (exact) mass is 462 g/mol. The van der Waals surface area contributed by atoms with E-state index in [4.69, 9.17) is 32.4 Å². The number of ether oxygens (including phenoxy) is 1. The van der Waals surface area contributed by atoms with Crippen molar-refractivity contribution in [2.45, 2.75) is 39.3 Å². The van der Waals surface area contributed by atoms with Crippen LogP contribution in [0.2, 0.25) is 10.0 Å². The van der Waals surface area contributed by atoms with Crippen LogP contribution in [0.4, 0.5) is 10.8 Å². The fraction of sp³-hybridized carbons (Fsp3) is 0.409. The third-order valence-electron chi connectivity index (χ3n) is 4.97. The van der Waals surface area contributed by atoms with Gasteiger partial charge in [-0.2, -0.15) is 4.98 Å². The normalized spacial score (nSPS) is 17.3. The van der Waals surface area contributed by atoms with Crippen LogP contribution >= 0.6 is 23.2 Å². The average molecular weight is 463 g/mol. The van der Waals surface area contributed by atoms with Gasteiger partial charge in [0.25, 0.3) is 6.01 Å². The minimum absolute atomic E-state index is 0.00227. The highest BCUT2D eigenvalue weighted by Gasteiger charge is 2.32. The Morgan fingerprint density at radius 3 is 2.65 bits per heavy atom. The first kappa shape index (κ1) is 21.7. The van der Waals surface area contributed by atoms with Gasteiger partial charge < -0.3 is 19.0 Å². The molecule has 9 heteroatoms. The lowest BCUT2D eigenvalue weighted by Crippen LogP contribution is -2.54. The van der Waals surface area contributed by atoms with Crippen molar-refractivity contribution in [1.29, 1.82) is 0 Å². The van der Waals surface area contributed by atoms with Gasteiger partial charge in [0.1, 0.15) is 11.1 Å². The molecule has 2 aromatic heterocycles. The summed E-state index contributed by atoms with van der Waals surface area (Å²) in [6.07, 6.45) is 1.33. The summed E-state index contributed by atoms with van der Waals surface area (Å²) in [5.41, 5.74) is 2.09. The highest BCUT2D eigenvalue weighted by atomic mass is 35.5. The number of carbonyl (C=O) groups is 1. The molecule has 0 aliphatic carbocycles. The van der Waals surface area contributed by atoms with E-state index in [2.05, 4.69) is 9.97 Å². The van der Waals surface area contributed by atoms with Crippen molar-refractivity contribution in [2.75, 3.05) is 24.5 Å². The third-order valence-corrected chi connectivity index (χ3v) is 5.42. The topological polar surface area (TPSA) is 71.7 Å². The summed E-state index contributed by atoms with van der Waals surface area (Å²) in [5.74, 6) is 0. The summed E-state index contributed by atoms with van der Waals surface area (Å²) in [6.45, 7) is 9.21. The number of oxazole rings is 1. The van der Waals surface area contributed by atoms with Gasteiger partial charge in [-0.1, -0.05) is 23.2 Å². The highest BCUT2D eigenvalue weighted by Crippen LogP contribution is 2.35. The number of fused-ring (bicyclic) bond motifs is 1. The third kappa shape index (κ3) is 4.72. The Labute approximate surface area is 190 Å². The van der Waals surface area contributed by atoms with Crippen molar-refractivity contribution in [3.05, 3.63) is 40.5 Å². The maximum atomic E-state index is 12.4. The van der Waals surface area contributed by atoms with Crippen molar-refractivity contribution >= 4 is 46.4 Å². The molecule has 1 atom stereocenters. The molecule has 1 aromatic carbocycles. The second-order valence-electron chi connectivity index (χ2n) is 8.63. The van der Waals surface area contributed by atoms with Gasteiger partial charge in [-0.05, 0) is 52.0 Å². The highest BCUT2D eigenvalue weighted by molar-refractivity contribution is 6.32. The van der Waals surface area contributed by atoms with E-state index in [0.717, 1.165) is 5.56 Å². The van der Waals surface area contributed by atoms with Crippen molar-refractivity contribution in [2.24, 2.45) is 0 Å². The van der Waals surface area contributed by atoms with Crippen LogP contribution in [0.15, 0.2) is 34.9 Å². The van der Waals surface area contributed by atoms with Gasteiger partial charge >= 0.3 is 6.09 Å². The van der Waals surface area contributed by atoms with E-state index in [9.17, 15) is 4.79 Å². The molecule has 0 spiro atoms. The SMILES string of the molecule is CC1CN(C(=O)OC(C)(C)C)CCN1c1nc2cc(Cl)cc(-c3cc(Cl)ccn3)c2o1. The number of halogens is 2. The van der Waals surface area contributed by atoms with Crippen LogP contribution < -0.4 is 4.90 Å². The lowest BCUT2D eigenvalue weighted by Gasteiger charge is -2.39. The average Bonchev–Trinajstić information content (AvgIpc) is 3.09. The van der Waals surface area contributed by atoms with Gasteiger partial charge in [-0.15, -0.1) is 0 Å². The molecular formula is C22H24Cl2N4O3. The molecule has 3 heterocycles. The van der Waals surface area contributed by atoms with E-state index in [1.54, 1.807) is 35.4 Å². The second-order valence-corrected chi connectivity index (χ2v) is 9.50. The summed E-state index contributed by atoms with van der Waals surface area (Å²) in [6, 6.07) is 7.51. The minimum atomic E-state index is -0.526. The van der Waals surface area contributed by atoms with Crippen molar-refractivity contribution in [1.82, 2.24) is 14.9 Å². The Hall–Kier alpha value is -2.51. The number of aromatic nitrogens is 2. The molecule has 0 radical (unpaired) electrons. The Morgan fingerprint density at radius 2 is 1.97 bits per heavy atom. The Bertz CT molecular complexity index is 1130. The van der Waals surface area contributed by atoms with Crippen LogP contribution in [0.3, 0.4) is 0 Å². The number of amides is 1. The molecule has 1 amide bonds. The van der Waals surface area contributed by atoms with E-state index >= 15 is 0 Å². The first-order chi connectivity index (χ1) is 14.6. The van der Waals surface area contributed by atoms with Gasteiger partial charge in [-0.3, -0.25) is 4.98 Å². The fourth-order valence-electron chi connectivity index (χ4n) is 3.59. The molecule has 1 saturated heterocycles. The van der Waals surface area contributed by atoms with Gasteiger partial charge in [0.05, 0.1) is 5.69 Å². The first-order valence-electron chi connectivity index (χ1n) is 10.1. The van der Waals surface area contributed by atoms with Crippen molar-refractivity contribution < 1.29 is 13.9 Å². The lowest BCUT2D eigenvalue weighted by atomic mass is 10.1. The number of benzene rings is 1. The molecule has 4 rings (SSSR count). The van der Waals surface area contributed by atoms with E-state index in [0.29, 0.717) is 52.5 Å². The number of hydrogen-bond donors (Lipinski definition) is 0. The van der Waals surface area contributed by atoms with E-state index < -0.39 is 5.60 Å². The molecule has 3 aromatic rings. The number of rotatable bonds is 2. The zero-order chi connectivity index (χ0) is 22.3. The Morgan fingerprint density at radius 1 is 1.19 bits per heavy atom. The molecule has 1 fully saturated rings. The first-order valence-corrected chi connectivity index (χ1v) is 10.8. The molecule has 0 saturated carbocycles. The summed E-state index contributed by atoms with van der Waals surface area (Å²) in [4.78, 5) is 25.2. The fourth-order valence-corrected chi connectivity index (χ4v) is 3.96. The van der Waals surface area contributed by atoms with Crippen LogP contribution in [0.25, 0.3) is 22.4 Å². The Balaban J connectivity index is 1.61. The predicted molar refractivity (Wildman–Crippen MR) is 122 cm³/mol. The van der Waals surface area contributed by atoms with E-state index in [1.807, 2.05) is 32.6 Å². The number of piperazine rings is 1. The Kier molecular flexibility index (Phi) is 5.75. The zero-order valence-electron chi connectivity index (χ0n) is 17.9. The molecule has 7 nitrogen and oxygen atoms in total. The molecule has 164 valence electrons. The predicted octanol–water partition coefficient (Wildman–Crippen LogP) is 5.64. The van der Waals surface area contributed by atoms with Gasteiger partial charge in [0, 0.05) is 47.5 Å². The molecule has 0 bridgehead atoms. The summed E-state index contributed by atoms with van der Waals surface area (Å²) < 4.78 is 11.7. The van der Waals surface area contributed by atoms with Gasteiger partial charge in [0.2, 0.25) is 0 Å². The maximum absolute atomic E-state index is 12.4. The minimum Gasteiger partial charge on any atom is -0.444 e. The smallest absolute Gasteiger partial charge is 0.410 e. The molecule has 0 N–H and O–H groups in total. The van der Waals surface area contributed by atoms with Crippen LogP contribution in [-0.2, 0) is 4.74 Å². The zero-order valence-corrected chi connectivity index (χ0v) is 19.4. The largest absolute Gasteiger partial charge is 0.444 e. The van der Waals surface area contributed by atoms with Crippen LogP contribution in [0, 0.1) is 0 Å². The van der Waals surface area contributed by atoms with Crippen molar-refractivity contribution in [3.8, 4) is 11.3 Å². The van der Waals surface area contributed by atoms with E-state index in [-0.39, 0.29) is 12.1 Å². The van der Waals surface area contributed by atoms with Crippen molar-refractivity contribution in [3.63, 3.8) is 0 Å². The number of anilines is 1. The number of nitrogens with zero attached hydrogens (tertiary/aromatic N) is 4. The molecular weight excluding hydrogens is 439 g/mol. The standard InChI is InChI=1S/C22H24Cl2N4O3/c1-13-12-27(21(29)31-22(2,3)4)7-8-28(13)20-26-18-11-15(24)9-16(19(18)30-20)17-10-14(23)5-6-25-17/h5-6,9-11,13H,7-8,12H2,1-4H3. The summed E-state index contributed by atoms with van der Waals surface area (Å²) in [7, 11) is 0. The second kappa shape index (κ2) is 8.20. The number of pyridine rings is 1. The molecule has 1 aliphatic rings. The lowest BCUT2D eigenvalue weighted by molar-refractivity contribution is 0.0216. The summed E-state index contributed by atoms with van der Waals surface area (Å²) in [5, 5.41) is 1.11. The summed E-state index contributed by atoms with van der Waals surface area (Å²) >= 11 is 12.5. The van der Waals surface area contributed by atoms with Crippen LogP contribution in [0.5, 0.6) is 0 Å². The van der Waals surface area contributed by atoms with E-state index in [1.165, 1.54) is 0 Å². The van der Waals surface area contributed by atoms with Crippen LogP contribution in [-0.4, -0.2) is 52.2 Å². The number of hydrogen-bond acceptors (Lipinski definition) is 6. The molecule has 1 aliphatic heterocycles. The van der Waals surface area contributed by atoms with Crippen LogP contribution in [0.1, 0.15) is 27.7 Å². The number of carbonyl (C=O) groups excluding carboxylic acids is 1. The molecule has 31 heavy (non-hydrogen) atoms. The molecule has 1 unspecified atom stereocenters. The van der Waals surface area contributed by atoms with Gasteiger partial charge in [0.15, 0.2) is 5.58 Å².